The number of benzene rings is 1. The van der Waals surface area contributed by atoms with Gasteiger partial charge in [-0.05, 0) is 68.7 Å². The SMILES string of the molecule is COc1ccc(COCC2=C[C@H]3[C@@H](C2)C[C@@]3(CNC(=O)OC(C)(C)C)CC(=O)O)cc1. The van der Waals surface area contributed by atoms with Crippen LogP contribution in [-0.4, -0.2) is 43.0 Å². The second-order valence-corrected chi connectivity index (χ2v) is 9.65. The third-order valence-corrected chi connectivity index (χ3v) is 6.03. The fourth-order valence-corrected chi connectivity index (χ4v) is 4.73. The first-order valence-electron chi connectivity index (χ1n) is 10.7. The van der Waals surface area contributed by atoms with Gasteiger partial charge in [0.25, 0.3) is 0 Å². The zero-order valence-electron chi connectivity index (χ0n) is 18.8. The predicted octanol–water partition coefficient (Wildman–Crippen LogP) is 4.16. The second-order valence-electron chi connectivity index (χ2n) is 9.65. The minimum Gasteiger partial charge on any atom is -0.497 e. The first kappa shape index (κ1) is 23.1. The molecule has 0 aromatic heterocycles. The first-order chi connectivity index (χ1) is 14.6. The Kier molecular flexibility index (Phi) is 6.94. The second kappa shape index (κ2) is 9.30. The van der Waals surface area contributed by atoms with E-state index in [1.807, 2.05) is 24.3 Å². The number of ether oxygens (including phenoxy) is 3. The van der Waals surface area contributed by atoms with E-state index in [0.29, 0.717) is 25.7 Å². The lowest BCUT2D eigenvalue weighted by Crippen LogP contribution is -2.53. The number of alkyl carbamates (subject to hydrolysis) is 1. The fourth-order valence-electron chi connectivity index (χ4n) is 4.73. The number of aliphatic carboxylic acids is 1. The maximum Gasteiger partial charge on any atom is 0.407 e. The molecule has 3 rings (SSSR count). The van der Waals surface area contributed by atoms with Crippen molar-refractivity contribution >= 4 is 12.1 Å². The van der Waals surface area contributed by atoms with Crippen molar-refractivity contribution in [2.24, 2.45) is 17.3 Å². The van der Waals surface area contributed by atoms with Crippen molar-refractivity contribution in [1.82, 2.24) is 5.32 Å². The summed E-state index contributed by atoms with van der Waals surface area (Å²) >= 11 is 0. The minimum atomic E-state index is -0.845. The molecule has 0 bridgehead atoms. The quantitative estimate of drug-likeness (QED) is 0.570. The number of amides is 1. The number of carbonyl (C=O) groups is 2. The van der Waals surface area contributed by atoms with Crippen LogP contribution in [0.15, 0.2) is 35.9 Å². The molecule has 1 aromatic rings. The zero-order chi connectivity index (χ0) is 22.6. The van der Waals surface area contributed by atoms with E-state index in [0.717, 1.165) is 24.2 Å². The van der Waals surface area contributed by atoms with E-state index in [2.05, 4.69) is 11.4 Å². The summed E-state index contributed by atoms with van der Waals surface area (Å²) < 4.78 is 16.4. The highest BCUT2D eigenvalue weighted by atomic mass is 16.6. The van der Waals surface area contributed by atoms with Crippen LogP contribution in [0.4, 0.5) is 4.79 Å². The van der Waals surface area contributed by atoms with Crippen molar-refractivity contribution in [3.8, 4) is 5.75 Å². The average Bonchev–Trinajstić information content (AvgIpc) is 3.02. The minimum absolute atomic E-state index is 0.0282. The summed E-state index contributed by atoms with van der Waals surface area (Å²) in [6.45, 7) is 6.75. The van der Waals surface area contributed by atoms with Crippen LogP contribution >= 0.6 is 0 Å². The molecule has 1 amide bonds. The van der Waals surface area contributed by atoms with Crippen molar-refractivity contribution in [2.45, 2.75) is 52.2 Å². The van der Waals surface area contributed by atoms with E-state index >= 15 is 0 Å². The standard InChI is InChI=1S/C24H33NO6/c1-23(2,3)31-22(28)25-15-24(12-21(26)27)11-18-9-17(10-20(18)24)14-30-13-16-5-7-19(29-4)8-6-16/h5-8,10,18,20H,9,11-15H2,1-4H3,(H,25,28)(H,26,27)/t18-,20-,24-/m0/s1. The molecule has 170 valence electrons. The molecule has 0 saturated heterocycles. The molecule has 7 nitrogen and oxygen atoms in total. The van der Waals surface area contributed by atoms with Crippen molar-refractivity contribution in [3.05, 3.63) is 41.5 Å². The molecule has 7 heteroatoms. The van der Waals surface area contributed by atoms with Gasteiger partial charge in [0, 0.05) is 12.0 Å². The molecule has 31 heavy (non-hydrogen) atoms. The lowest BCUT2D eigenvalue weighted by Gasteiger charge is -2.51. The van der Waals surface area contributed by atoms with Gasteiger partial charge in [0.15, 0.2) is 0 Å². The highest BCUT2D eigenvalue weighted by molar-refractivity contribution is 5.70. The Morgan fingerprint density at radius 3 is 2.52 bits per heavy atom. The number of carboxylic acids is 1. The maximum atomic E-state index is 12.1. The first-order valence-corrected chi connectivity index (χ1v) is 10.7. The van der Waals surface area contributed by atoms with E-state index < -0.39 is 23.1 Å². The van der Waals surface area contributed by atoms with Crippen LogP contribution in [0.5, 0.6) is 5.75 Å². The summed E-state index contributed by atoms with van der Waals surface area (Å²) in [6.07, 6.45) is 3.38. The van der Waals surface area contributed by atoms with E-state index in [1.54, 1.807) is 27.9 Å². The number of hydrogen-bond acceptors (Lipinski definition) is 5. The molecule has 1 saturated carbocycles. The number of fused-ring (bicyclic) bond motifs is 1. The summed E-state index contributed by atoms with van der Waals surface area (Å²) in [5.41, 5.74) is 1.22. The van der Waals surface area contributed by atoms with E-state index in [4.69, 9.17) is 14.2 Å². The van der Waals surface area contributed by atoms with Crippen LogP contribution in [-0.2, 0) is 20.9 Å². The predicted molar refractivity (Wildman–Crippen MR) is 116 cm³/mol. The van der Waals surface area contributed by atoms with Gasteiger partial charge in [-0.15, -0.1) is 0 Å². The van der Waals surface area contributed by atoms with Gasteiger partial charge >= 0.3 is 12.1 Å². The smallest absolute Gasteiger partial charge is 0.407 e. The molecular formula is C24H33NO6. The molecule has 3 atom stereocenters. The molecule has 0 aliphatic heterocycles. The number of rotatable bonds is 9. The van der Waals surface area contributed by atoms with Crippen LogP contribution in [0.3, 0.4) is 0 Å². The van der Waals surface area contributed by atoms with Gasteiger partial charge in [-0.25, -0.2) is 4.79 Å². The van der Waals surface area contributed by atoms with Crippen LogP contribution < -0.4 is 10.1 Å². The number of methoxy groups -OCH3 is 1. The Balaban J connectivity index is 1.55. The Morgan fingerprint density at radius 1 is 1.19 bits per heavy atom. The molecule has 2 aliphatic carbocycles. The largest absolute Gasteiger partial charge is 0.497 e. The summed E-state index contributed by atoms with van der Waals surface area (Å²) in [7, 11) is 1.64. The highest BCUT2D eigenvalue weighted by Crippen LogP contribution is 2.59. The number of carboxylic acid groups (broad SMARTS) is 1. The molecule has 0 unspecified atom stereocenters. The Hall–Kier alpha value is -2.54. The summed E-state index contributed by atoms with van der Waals surface area (Å²) in [6, 6.07) is 7.77. The Bertz CT molecular complexity index is 825. The molecule has 0 heterocycles. The zero-order valence-corrected chi connectivity index (χ0v) is 18.8. The third-order valence-electron chi connectivity index (χ3n) is 6.03. The molecule has 1 fully saturated rings. The van der Waals surface area contributed by atoms with Crippen molar-refractivity contribution in [3.63, 3.8) is 0 Å². The summed E-state index contributed by atoms with van der Waals surface area (Å²) in [5.74, 6) is 0.521. The van der Waals surface area contributed by atoms with Gasteiger partial charge in [0.05, 0.1) is 26.7 Å². The topological polar surface area (TPSA) is 94.1 Å². The molecule has 2 N–H and O–H groups in total. The van der Waals surface area contributed by atoms with Gasteiger partial charge in [-0.2, -0.15) is 0 Å². The lowest BCUT2D eigenvalue weighted by atomic mass is 9.53. The van der Waals surface area contributed by atoms with Gasteiger partial charge in [0.1, 0.15) is 11.4 Å². The third kappa shape index (κ3) is 6.00. The molecular weight excluding hydrogens is 398 g/mol. The molecule has 0 spiro atoms. The van der Waals surface area contributed by atoms with Gasteiger partial charge in [0.2, 0.25) is 0 Å². The van der Waals surface area contributed by atoms with Crippen LogP contribution in [0.25, 0.3) is 0 Å². The van der Waals surface area contributed by atoms with E-state index in [1.165, 1.54) is 5.57 Å². The molecule has 2 aliphatic rings. The van der Waals surface area contributed by atoms with Gasteiger partial charge < -0.3 is 24.6 Å². The van der Waals surface area contributed by atoms with Crippen LogP contribution in [0.2, 0.25) is 0 Å². The summed E-state index contributed by atoms with van der Waals surface area (Å²) in [4.78, 5) is 23.6. The van der Waals surface area contributed by atoms with Gasteiger partial charge in [-0.1, -0.05) is 18.2 Å². The Labute approximate surface area is 183 Å². The fraction of sp³-hybridized carbons (Fsp3) is 0.583. The van der Waals surface area contributed by atoms with E-state index in [9.17, 15) is 14.7 Å². The molecule has 0 radical (unpaired) electrons. The maximum absolute atomic E-state index is 12.1. The van der Waals surface area contributed by atoms with Crippen molar-refractivity contribution in [1.29, 1.82) is 0 Å². The number of nitrogens with one attached hydrogen (secondary N) is 1. The van der Waals surface area contributed by atoms with Crippen LogP contribution in [0, 0.1) is 17.3 Å². The highest BCUT2D eigenvalue weighted by Gasteiger charge is 2.55. The monoisotopic (exact) mass is 431 g/mol. The van der Waals surface area contributed by atoms with Crippen LogP contribution in [0.1, 0.15) is 45.6 Å². The summed E-state index contributed by atoms with van der Waals surface area (Å²) in [5, 5.41) is 12.3. The van der Waals surface area contributed by atoms with E-state index in [-0.39, 0.29) is 12.3 Å². The van der Waals surface area contributed by atoms with Crippen molar-refractivity contribution in [2.75, 3.05) is 20.3 Å². The normalized spacial score (nSPS) is 24.6. The average molecular weight is 432 g/mol. The van der Waals surface area contributed by atoms with Gasteiger partial charge in [-0.3, -0.25) is 4.79 Å². The molecule has 1 aromatic carbocycles. The number of carbonyl (C=O) groups excluding carboxylic acids is 1. The number of allylic oxidation sites excluding steroid dienone is 1. The Morgan fingerprint density at radius 2 is 1.90 bits per heavy atom. The van der Waals surface area contributed by atoms with Crippen molar-refractivity contribution < 1.29 is 28.9 Å². The lowest BCUT2D eigenvalue weighted by molar-refractivity contribution is -0.144. The number of hydrogen-bond donors (Lipinski definition) is 2.